The van der Waals surface area contributed by atoms with Crippen LogP contribution in [0.15, 0.2) is 52.4 Å². The van der Waals surface area contributed by atoms with Crippen molar-refractivity contribution in [3.8, 4) is 5.69 Å². The predicted molar refractivity (Wildman–Crippen MR) is 118 cm³/mol. The summed E-state index contributed by atoms with van der Waals surface area (Å²) in [6.45, 7) is 7.57. The molecule has 1 aromatic heterocycles. The SMILES string of the molecule is Cc1ccc(-n2c(SC(C)C(=O)N3CCCC3)nc3ccccc3c2=O)c(C)c1. The highest BCUT2D eigenvalue weighted by molar-refractivity contribution is 8.00. The number of aryl methyl sites for hydroxylation is 2. The molecule has 2 heterocycles. The fourth-order valence-electron chi connectivity index (χ4n) is 3.86. The average molecular weight is 408 g/mol. The quantitative estimate of drug-likeness (QED) is 0.483. The van der Waals surface area contributed by atoms with Crippen molar-refractivity contribution in [2.24, 2.45) is 0 Å². The highest BCUT2D eigenvalue weighted by Crippen LogP contribution is 2.28. The summed E-state index contributed by atoms with van der Waals surface area (Å²) in [7, 11) is 0. The summed E-state index contributed by atoms with van der Waals surface area (Å²) >= 11 is 1.36. The van der Waals surface area contributed by atoms with Crippen LogP contribution < -0.4 is 5.56 Å². The van der Waals surface area contributed by atoms with Crippen LogP contribution in [0, 0.1) is 13.8 Å². The van der Waals surface area contributed by atoms with Gasteiger partial charge in [0.15, 0.2) is 5.16 Å². The van der Waals surface area contributed by atoms with Crippen LogP contribution in [0.2, 0.25) is 0 Å². The van der Waals surface area contributed by atoms with Gasteiger partial charge in [-0.15, -0.1) is 0 Å². The van der Waals surface area contributed by atoms with Crippen molar-refractivity contribution in [3.05, 3.63) is 63.9 Å². The first kappa shape index (κ1) is 19.7. The van der Waals surface area contributed by atoms with Crippen LogP contribution in [-0.2, 0) is 4.79 Å². The number of aromatic nitrogens is 2. The number of fused-ring (bicyclic) bond motifs is 1. The predicted octanol–water partition coefficient (Wildman–Crippen LogP) is 4.11. The van der Waals surface area contributed by atoms with E-state index in [0.29, 0.717) is 16.1 Å². The molecule has 1 amide bonds. The molecule has 1 unspecified atom stereocenters. The molecule has 0 bridgehead atoms. The van der Waals surface area contributed by atoms with E-state index in [1.54, 1.807) is 10.6 Å². The minimum atomic E-state index is -0.307. The van der Waals surface area contributed by atoms with Gasteiger partial charge in [0.25, 0.3) is 5.56 Å². The zero-order valence-electron chi connectivity index (χ0n) is 17.0. The summed E-state index contributed by atoms with van der Waals surface area (Å²) in [5.74, 6) is 0.113. The zero-order chi connectivity index (χ0) is 20.5. The van der Waals surface area contributed by atoms with Crippen LogP contribution in [-0.4, -0.2) is 38.7 Å². The smallest absolute Gasteiger partial charge is 0.266 e. The van der Waals surface area contributed by atoms with Gasteiger partial charge in [0.1, 0.15) is 0 Å². The first-order valence-electron chi connectivity index (χ1n) is 10.0. The maximum absolute atomic E-state index is 13.4. The molecule has 29 heavy (non-hydrogen) atoms. The topological polar surface area (TPSA) is 55.2 Å². The lowest BCUT2D eigenvalue weighted by atomic mass is 10.1. The largest absolute Gasteiger partial charge is 0.342 e. The van der Waals surface area contributed by atoms with Gasteiger partial charge in [-0.3, -0.25) is 14.2 Å². The molecule has 1 fully saturated rings. The molecule has 0 radical (unpaired) electrons. The Morgan fingerprint density at radius 3 is 2.55 bits per heavy atom. The number of amides is 1. The molecule has 0 aliphatic carbocycles. The maximum Gasteiger partial charge on any atom is 0.266 e. The molecule has 5 nitrogen and oxygen atoms in total. The molecule has 1 aliphatic heterocycles. The van der Waals surface area contributed by atoms with Gasteiger partial charge in [0.05, 0.1) is 21.8 Å². The van der Waals surface area contributed by atoms with Gasteiger partial charge in [-0.25, -0.2) is 4.98 Å². The van der Waals surface area contributed by atoms with E-state index in [-0.39, 0.29) is 16.7 Å². The summed E-state index contributed by atoms with van der Waals surface area (Å²) in [6, 6.07) is 13.4. The first-order chi connectivity index (χ1) is 14.0. The third-order valence-corrected chi connectivity index (χ3v) is 6.43. The van der Waals surface area contributed by atoms with Gasteiger partial charge < -0.3 is 4.90 Å². The van der Waals surface area contributed by atoms with Gasteiger partial charge in [0, 0.05) is 13.1 Å². The summed E-state index contributed by atoms with van der Waals surface area (Å²) in [5.41, 5.74) is 3.50. The van der Waals surface area contributed by atoms with Crippen molar-refractivity contribution in [2.75, 3.05) is 13.1 Å². The van der Waals surface area contributed by atoms with E-state index in [9.17, 15) is 9.59 Å². The number of carbonyl (C=O) groups is 1. The van der Waals surface area contributed by atoms with Crippen molar-refractivity contribution in [3.63, 3.8) is 0 Å². The molecule has 4 rings (SSSR count). The van der Waals surface area contributed by atoms with Crippen LogP contribution in [0.3, 0.4) is 0 Å². The van der Waals surface area contributed by atoms with Crippen LogP contribution in [0.25, 0.3) is 16.6 Å². The number of hydrogen-bond acceptors (Lipinski definition) is 4. The minimum Gasteiger partial charge on any atom is -0.342 e. The maximum atomic E-state index is 13.4. The molecule has 1 aliphatic rings. The third kappa shape index (κ3) is 3.81. The van der Waals surface area contributed by atoms with Crippen molar-refractivity contribution >= 4 is 28.6 Å². The summed E-state index contributed by atoms with van der Waals surface area (Å²) in [5, 5.41) is 0.828. The minimum absolute atomic E-state index is 0.106. The molecule has 0 spiro atoms. The van der Waals surface area contributed by atoms with Crippen molar-refractivity contribution in [2.45, 2.75) is 44.0 Å². The van der Waals surface area contributed by atoms with E-state index in [1.165, 1.54) is 11.8 Å². The summed E-state index contributed by atoms with van der Waals surface area (Å²) < 4.78 is 1.66. The highest BCUT2D eigenvalue weighted by Gasteiger charge is 2.26. The average Bonchev–Trinajstić information content (AvgIpc) is 3.23. The molecule has 1 saturated heterocycles. The first-order valence-corrected chi connectivity index (χ1v) is 10.9. The van der Waals surface area contributed by atoms with Gasteiger partial charge >= 0.3 is 0 Å². The fourth-order valence-corrected chi connectivity index (χ4v) is 4.87. The molecule has 2 aromatic carbocycles. The lowest BCUT2D eigenvalue weighted by Gasteiger charge is -2.21. The van der Waals surface area contributed by atoms with Crippen molar-refractivity contribution in [1.29, 1.82) is 0 Å². The lowest BCUT2D eigenvalue weighted by Crippen LogP contribution is -2.34. The summed E-state index contributed by atoms with van der Waals surface area (Å²) in [4.78, 5) is 33.0. The Morgan fingerprint density at radius 1 is 1.10 bits per heavy atom. The second-order valence-electron chi connectivity index (χ2n) is 7.63. The normalized spacial score (nSPS) is 15.1. The van der Waals surface area contributed by atoms with E-state index in [1.807, 2.05) is 56.0 Å². The monoisotopic (exact) mass is 407 g/mol. The lowest BCUT2D eigenvalue weighted by molar-refractivity contribution is -0.129. The molecule has 150 valence electrons. The van der Waals surface area contributed by atoms with E-state index in [0.717, 1.165) is 42.7 Å². The summed E-state index contributed by atoms with van der Waals surface area (Å²) in [6.07, 6.45) is 2.12. The number of benzene rings is 2. The second-order valence-corrected chi connectivity index (χ2v) is 8.94. The number of hydrogen-bond donors (Lipinski definition) is 0. The molecule has 3 aromatic rings. The number of likely N-dealkylation sites (tertiary alicyclic amines) is 1. The van der Waals surface area contributed by atoms with Crippen LogP contribution >= 0.6 is 11.8 Å². The van der Waals surface area contributed by atoms with Gasteiger partial charge in [0.2, 0.25) is 5.91 Å². The standard InChI is InChI=1S/C23H25N3O2S/c1-15-10-11-20(16(2)14-15)26-22(28)18-8-4-5-9-19(18)24-23(26)29-17(3)21(27)25-12-6-7-13-25/h4-5,8-11,14,17H,6-7,12-13H2,1-3H3. The molecule has 0 saturated carbocycles. The van der Waals surface area contributed by atoms with E-state index >= 15 is 0 Å². The van der Waals surface area contributed by atoms with E-state index in [2.05, 4.69) is 6.07 Å². The van der Waals surface area contributed by atoms with E-state index in [4.69, 9.17) is 4.98 Å². The molecule has 6 heteroatoms. The van der Waals surface area contributed by atoms with Crippen LogP contribution in [0.5, 0.6) is 0 Å². The second kappa shape index (κ2) is 8.03. The Kier molecular flexibility index (Phi) is 5.46. The molecular weight excluding hydrogens is 382 g/mol. The molecule has 1 atom stereocenters. The zero-order valence-corrected chi connectivity index (χ0v) is 17.8. The Bertz CT molecular complexity index is 1130. The van der Waals surface area contributed by atoms with Gasteiger partial charge in [-0.1, -0.05) is 41.6 Å². The Morgan fingerprint density at radius 2 is 1.83 bits per heavy atom. The van der Waals surface area contributed by atoms with Crippen molar-refractivity contribution in [1.82, 2.24) is 14.5 Å². The van der Waals surface area contributed by atoms with Crippen LogP contribution in [0.1, 0.15) is 30.9 Å². The number of rotatable bonds is 4. The molecule has 0 N–H and O–H groups in total. The highest BCUT2D eigenvalue weighted by atomic mass is 32.2. The van der Waals surface area contributed by atoms with Gasteiger partial charge in [-0.05, 0) is 57.4 Å². The number of carbonyl (C=O) groups excluding carboxylic acids is 1. The van der Waals surface area contributed by atoms with Crippen molar-refractivity contribution < 1.29 is 4.79 Å². The third-order valence-electron chi connectivity index (χ3n) is 5.39. The number of thioether (sulfide) groups is 1. The van der Waals surface area contributed by atoms with Gasteiger partial charge in [-0.2, -0.15) is 0 Å². The number of nitrogens with zero attached hydrogens (tertiary/aromatic N) is 3. The molecular formula is C23H25N3O2S. The van der Waals surface area contributed by atoms with Crippen LogP contribution in [0.4, 0.5) is 0 Å². The fraction of sp³-hybridized carbons (Fsp3) is 0.348. The Hall–Kier alpha value is -2.60. The number of para-hydroxylation sites is 1. The Balaban J connectivity index is 1.83. The Labute approximate surface area is 174 Å². The van der Waals surface area contributed by atoms with E-state index < -0.39 is 0 Å².